The molecule has 2 heterocycles. The first kappa shape index (κ1) is 15.8. The Balaban J connectivity index is 1.92. The number of rotatable bonds is 3. The third-order valence-corrected chi connectivity index (χ3v) is 5.98. The molecule has 1 atom stereocenters. The minimum atomic E-state index is -3.03. The Morgan fingerprint density at radius 3 is 2.52 bits per heavy atom. The van der Waals surface area contributed by atoms with Gasteiger partial charge in [-0.15, -0.1) is 0 Å². The smallest absolute Gasteiger partial charge is 0.255 e. The Morgan fingerprint density at radius 1 is 1.22 bits per heavy atom. The van der Waals surface area contributed by atoms with E-state index in [1.807, 2.05) is 44.2 Å². The van der Waals surface area contributed by atoms with Crippen molar-refractivity contribution in [2.45, 2.75) is 26.3 Å². The van der Waals surface area contributed by atoms with E-state index in [0.717, 1.165) is 11.1 Å². The summed E-state index contributed by atoms with van der Waals surface area (Å²) in [4.78, 5) is 12.7. The van der Waals surface area contributed by atoms with E-state index in [2.05, 4.69) is 5.32 Å². The zero-order valence-electron chi connectivity index (χ0n) is 13.1. The highest BCUT2D eigenvalue weighted by Crippen LogP contribution is 2.31. The van der Waals surface area contributed by atoms with E-state index in [1.54, 1.807) is 0 Å². The molecule has 0 bridgehead atoms. The number of amides is 1. The van der Waals surface area contributed by atoms with Crippen LogP contribution in [-0.4, -0.2) is 31.9 Å². The topological polar surface area (TPSA) is 76.4 Å². The Morgan fingerprint density at radius 2 is 1.91 bits per heavy atom. The number of nitrogens with one attached hydrogen (secondary N) is 1. The summed E-state index contributed by atoms with van der Waals surface area (Å²) in [5.74, 6) is 1.08. The highest BCUT2D eigenvalue weighted by molar-refractivity contribution is 7.91. The summed E-state index contributed by atoms with van der Waals surface area (Å²) in [6, 6.07) is 9.10. The molecule has 1 aromatic heterocycles. The van der Waals surface area contributed by atoms with Crippen molar-refractivity contribution in [1.29, 1.82) is 0 Å². The molecular formula is C17H19NO4S. The van der Waals surface area contributed by atoms with E-state index in [-0.39, 0.29) is 23.5 Å². The van der Waals surface area contributed by atoms with Crippen molar-refractivity contribution in [2.24, 2.45) is 0 Å². The van der Waals surface area contributed by atoms with Gasteiger partial charge in [-0.2, -0.15) is 0 Å². The van der Waals surface area contributed by atoms with Crippen molar-refractivity contribution in [3.05, 3.63) is 47.2 Å². The van der Waals surface area contributed by atoms with Gasteiger partial charge in [-0.25, -0.2) is 8.42 Å². The number of carbonyl (C=O) groups excluding carboxylic acids is 1. The molecule has 3 rings (SSSR count). The summed E-state index contributed by atoms with van der Waals surface area (Å²) in [7, 11) is -3.03. The molecule has 1 fully saturated rings. The SMILES string of the molecule is Cc1oc(-c2ccccc2)c(C(=O)N[C@H]2CCS(=O)(=O)C2)c1C. The Labute approximate surface area is 135 Å². The Hall–Kier alpha value is -2.08. The van der Waals surface area contributed by atoms with Gasteiger partial charge in [-0.3, -0.25) is 4.79 Å². The first-order valence-corrected chi connectivity index (χ1v) is 9.36. The predicted molar refractivity (Wildman–Crippen MR) is 88.1 cm³/mol. The van der Waals surface area contributed by atoms with Crippen LogP contribution in [0.4, 0.5) is 0 Å². The third kappa shape index (κ3) is 3.17. The number of hydrogen-bond donors (Lipinski definition) is 1. The fourth-order valence-electron chi connectivity index (χ4n) is 2.86. The normalized spacial score (nSPS) is 19.7. The van der Waals surface area contributed by atoms with E-state index in [4.69, 9.17) is 4.42 Å². The molecule has 0 saturated carbocycles. The third-order valence-electron chi connectivity index (χ3n) is 4.22. The maximum absolute atomic E-state index is 12.7. The maximum Gasteiger partial charge on any atom is 0.255 e. The van der Waals surface area contributed by atoms with Crippen molar-refractivity contribution in [1.82, 2.24) is 5.32 Å². The minimum Gasteiger partial charge on any atom is -0.460 e. The Bertz CT molecular complexity index is 837. The van der Waals surface area contributed by atoms with Crippen LogP contribution in [0.3, 0.4) is 0 Å². The van der Waals surface area contributed by atoms with Crippen LogP contribution in [0, 0.1) is 13.8 Å². The first-order chi connectivity index (χ1) is 10.9. The largest absolute Gasteiger partial charge is 0.460 e. The van der Waals surface area contributed by atoms with Gasteiger partial charge in [0.15, 0.2) is 9.84 Å². The van der Waals surface area contributed by atoms with Gasteiger partial charge in [0.25, 0.3) is 5.91 Å². The summed E-state index contributed by atoms with van der Waals surface area (Å²) < 4.78 is 28.9. The molecule has 0 unspecified atom stereocenters. The fourth-order valence-corrected chi connectivity index (χ4v) is 4.53. The van der Waals surface area contributed by atoms with Crippen molar-refractivity contribution in [2.75, 3.05) is 11.5 Å². The summed E-state index contributed by atoms with van der Waals surface area (Å²) in [6.07, 6.45) is 0.463. The number of benzene rings is 1. The van der Waals surface area contributed by atoms with E-state index in [1.165, 1.54) is 0 Å². The van der Waals surface area contributed by atoms with Gasteiger partial charge in [0.2, 0.25) is 0 Å². The molecule has 5 nitrogen and oxygen atoms in total. The van der Waals surface area contributed by atoms with Crippen LogP contribution in [-0.2, 0) is 9.84 Å². The second kappa shape index (κ2) is 5.85. The highest BCUT2D eigenvalue weighted by Gasteiger charge is 2.31. The van der Waals surface area contributed by atoms with Gasteiger partial charge in [-0.05, 0) is 20.3 Å². The lowest BCUT2D eigenvalue weighted by Gasteiger charge is -2.11. The number of furan rings is 1. The van der Waals surface area contributed by atoms with Gasteiger partial charge < -0.3 is 9.73 Å². The zero-order valence-corrected chi connectivity index (χ0v) is 13.9. The van der Waals surface area contributed by atoms with Crippen LogP contribution in [0.5, 0.6) is 0 Å². The molecule has 6 heteroatoms. The summed E-state index contributed by atoms with van der Waals surface area (Å²) in [5, 5.41) is 2.84. The number of sulfone groups is 1. The van der Waals surface area contributed by atoms with Crippen molar-refractivity contribution >= 4 is 15.7 Å². The van der Waals surface area contributed by atoms with Gasteiger partial charge >= 0.3 is 0 Å². The van der Waals surface area contributed by atoms with Crippen LogP contribution < -0.4 is 5.32 Å². The molecule has 1 aliphatic rings. The first-order valence-electron chi connectivity index (χ1n) is 7.54. The number of carbonyl (C=O) groups is 1. The molecule has 1 aliphatic heterocycles. The zero-order chi connectivity index (χ0) is 16.6. The van der Waals surface area contributed by atoms with Crippen LogP contribution in [0.2, 0.25) is 0 Å². The summed E-state index contributed by atoms with van der Waals surface area (Å²) >= 11 is 0. The molecule has 1 saturated heterocycles. The highest BCUT2D eigenvalue weighted by atomic mass is 32.2. The standard InChI is InChI=1S/C17H19NO4S/c1-11-12(2)22-16(13-6-4-3-5-7-13)15(11)17(19)18-14-8-9-23(20,21)10-14/h3-7,14H,8-10H2,1-2H3,(H,18,19)/t14-/m0/s1. The quantitative estimate of drug-likeness (QED) is 0.936. The van der Waals surface area contributed by atoms with Crippen LogP contribution in [0.1, 0.15) is 28.1 Å². The molecular weight excluding hydrogens is 314 g/mol. The molecule has 1 aromatic carbocycles. The van der Waals surface area contributed by atoms with Gasteiger partial charge in [0.05, 0.1) is 17.1 Å². The average Bonchev–Trinajstić information content (AvgIpc) is 3.00. The van der Waals surface area contributed by atoms with E-state index in [0.29, 0.717) is 23.5 Å². The lowest BCUT2D eigenvalue weighted by Crippen LogP contribution is -2.36. The second-order valence-electron chi connectivity index (χ2n) is 5.93. The van der Waals surface area contributed by atoms with Gasteiger partial charge in [0, 0.05) is 17.2 Å². The monoisotopic (exact) mass is 333 g/mol. The lowest BCUT2D eigenvalue weighted by atomic mass is 10.0. The number of aryl methyl sites for hydroxylation is 1. The van der Waals surface area contributed by atoms with Gasteiger partial charge in [0.1, 0.15) is 11.5 Å². The maximum atomic E-state index is 12.7. The molecule has 1 amide bonds. The average molecular weight is 333 g/mol. The van der Waals surface area contributed by atoms with Crippen LogP contribution in [0.15, 0.2) is 34.7 Å². The van der Waals surface area contributed by atoms with E-state index >= 15 is 0 Å². The summed E-state index contributed by atoms with van der Waals surface area (Å²) in [5.41, 5.74) is 2.09. The second-order valence-corrected chi connectivity index (χ2v) is 8.16. The molecule has 0 radical (unpaired) electrons. The predicted octanol–water partition coefficient (Wildman–Crippen LogP) is 2.48. The Kier molecular flexibility index (Phi) is 4.02. The van der Waals surface area contributed by atoms with Crippen molar-refractivity contribution < 1.29 is 17.6 Å². The molecule has 1 N–H and O–H groups in total. The van der Waals surface area contributed by atoms with Crippen LogP contribution in [0.25, 0.3) is 11.3 Å². The van der Waals surface area contributed by atoms with Crippen molar-refractivity contribution in [3.8, 4) is 11.3 Å². The van der Waals surface area contributed by atoms with E-state index in [9.17, 15) is 13.2 Å². The molecule has 0 spiro atoms. The molecule has 122 valence electrons. The van der Waals surface area contributed by atoms with E-state index < -0.39 is 9.84 Å². The summed E-state index contributed by atoms with van der Waals surface area (Å²) in [6.45, 7) is 3.66. The molecule has 0 aliphatic carbocycles. The lowest BCUT2D eigenvalue weighted by molar-refractivity contribution is 0.0941. The molecule has 23 heavy (non-hydrogen) atoms. The fraction of sp³-hybridized carbons (Fsp3) is 0.353. The van der Waals surface area contributed by atoms with Crippen molar-refractivity contribution in [3.63, 3.8) is 0 Å². The van der Waals surface area contributed by atoms with Gasteiger partial charge in [-0.1, -0.05) is 30.3 Å². The minimum absolute atomic E-state index is 0.00922. The molecule has 2 aromatic rings. The van der Waals surface area contributed by atoms with Crippen LogP contribution >= 0.6 is 0 Å². The number of hydrogen-bond acceptors (Lipinski definition) is 4.